The molecule has 0 amide bonds. The van der Waals surface area contributed by atoms with Gasteiger partial charge in [-0.15, -0.1) is 11.3 Å². The number of guanidine groups is 1. The lowest BCUT2D eigenvalue weighted by Gasteiger charge is -2.15. The number of aromatic nitrogens is 1. The Bertz CT molecular complexity index is 720. The first-order chi connectivity index (χ1) is 12.9. The van der Waals surface area contributed by atoms with Crippen LogP contribution in [-0.2, 0) is 6.54 Å². The lowest BCUT2D eigenvalue weighted by atomic mass is 10.1. The molecule has 1 unspecified atom stereocenters. The lowest BCUT2D eigenvalue weighted by molar-refractivity contribution is -0.154. The lowest BCUT2D eigenvalue weighted by Crippen LogP contribution is -2.39. The molecule has 9 heteroatoms. The van der Waals surface area contributed by atoms with Gasteiger partial charge in [-0.1, -0.05) is 19.1 Å². The first kappa shape index (κ1) is 21.0. The number of pyridine rings is 1. The van der Waals surface area contributed by atoms with Gasteiger partial charge in [0, 0.05) is 35.6 Å². The Kier molecular flexibility index (Phi) is 7.90. The molecule has 1 atom stereocenters. The summed E-state index contributed by atoms with van der Waals surface area (Å²) in [5.41, 5.74) is 0.491. The Morgan fingerprint density at radius 1 is 1.30 bits per heavy atom. The van der Waals surface area contributed by atoms with E-state index in [1.165, 1.54) is 11.1 Å². The standard InChI is InChI=1S/C18H23F3N4OS/c1-3-22-17(24-10-13(2)15-7-5-9-27-15)25-11-14-6-4-8-23-16(14)26-12-18(19,20)21/h4-9,13H,3,10-12H2,1-2H3,(H2,22,24,25). The van der Waals surface area contributed by atoms with Crippen molar-refractivity contribution in [2.45, 2.75) is 32.5 Å². The highest BCUT2D eigenvalue weighted by Gasteiger charge is 2.29. The number of rotatable bonds is 8. The smallest absolute Gasteiger partial charge is 0.422 e. The summed E-state index contributed by atoms with van der Waals surface area (Å²) >= 11 is 1.70. The molecular weight excluding hydrogens is 377 g/mol. The summed E-state index contributed by atoms with van der Waals surface area (Å²) < 4.78 is 41.9. The van der Waals surface area contributed by atoms with Crippen molar-refractivity contribution >= 4 is 17.3 Å². The Morgan fingerprint density at radius 2 is 2.11 bits per heavy atom. The van der Waals surface area contributed by atoms with E-state index in [9.17, 15) is 13.2 Å². The Hall–Kier alpha value is -2.29. The molecule has 0 saturated carbocycles. The monoisotopic (exact) mass is 400 g/mol. The molecule has 0 fully saturated rings. The van der Waals surface area contributed by atoms with Gasteiger partial charge in [-0.2, -0.15) is 13.2 Å². The first-order valence-electron chi connectivity index (χ1n) is 8.58. The summed E-state index contributed by atoms with van der Waals surface area (Å²) in [7, 11) is 0. The maximum atomic E-state index is 12.4. The van der Waals surface area contributed by atoms with E-state index >= 15 is 0 Å². The second-order valence-electron chi connectivity index (χ2n) is 5.86. The second-order valence-corrected chi connectivity index (χ2v) is 6.84. The second kappa shape index (κ2) is 10.1. The number of thiophene rings is 1. The summed E-state index contributed by atoms with van der Waals surface area (Å²) in [4.78, 5) is 9.59. The molecule has 2 N–H and O–H groups in total. The van der Waals surface area contributed by atoms with Crippen LogP contribution in [-0.4, -0.2) is 36.8 Å². The van der Waals surface area contributed by atoms with E-state index in [2.05, 4.69) is 33.6 Å². The minimum Gasteiger partial charge on any atom is -0.468 e. The maximum absolute atomic E-state index is 12.4. The molecule has 148 valence electrons. The zero-order valence-corrected chi connectivity index (χ0v) is 16.0. The van der Waals surface area contributed by atoms with E-state index in [1.54, 1.807) is 23.5 Å². The van der Waals surface area contributed by atoms with Crippen molar-refractivity contribution in [3.63, 3.8) is 0 Å². The fourth-order valence-electron chi connectivity index (χ4n) is 2.25. The molecule has 0 aliphatic heterocycles. The van der Waals surface area contributed by atoms with Crippen molar-refractivity contribution in [2.75, 3.05) is 19.7 Å². The number of halogens is 3. The molecule has 27 heavy (non-hydrogen) atoms. The third kappa shape index (κ3) is 7.46. The van der Waals surface area contributed by atoms with E-state index in [0.29, 0.717) is 30.5 Å². The molecule has 2 aromatic heterocycles. The molecule has 0 aliphatic rings. The van der Waals surface area contributed by atoms with Crippen LogP contribution in [0, 0.1) is 0 Å². The van der Waals surface area contributed by atoms with E-state index < -0.39 is 12.8 Å². The number of nitrogens with one attached hydrogen (secondary N) is 2. The van der Waals surface area contributed by atoms with Gasteiger partial charge in [-0.3, -0.25) is 0 Å². The molecule has 0 saturated heterocycles. The van der Waals surface area contributed by atoms with Crippen LogP contribution in [0.1, 0.15) is 30.2 Å². The van der Waals surface area contributed by atoms with Crippen LogP contribution < -0.4 is 15.4 Å². The highest BCUT2D eigenvalue weighted by Crippen LogP contribution is 2.21. The molecule has 2 heterocycles. The van der Waals surface area contributed by atoms with E-state index in [1.807, 2.05) is 18.4 Å². The van der Waals surface area contributed by atoms with Crippen LogP contribution in [0.15, 0.2) is 40.8 Å². The van der Waals surface area contributed by atoms with Gasteiger partial charge in [-0.25, -0.2) is 9.98 Å². The topological polar surface area (TPSA) is 58.5 Å². The Labute approximate surface area is 160 Å². The zero-order valence-electron chi connectivity index (χ0n) is 15.2. The van der Waals surface area contributed by atoms with Crippen LogP contribution in [0.5, 0.6) is 5.88 Å². The number of alkyl halides is 3. The molecular formula is C18H23F3N4OS. The van der Waals surface area contributed by atoms with Gasteiger partial charge < -0.3 is 15.4 Å². The highest BCUT2D eigenvalue weighted by atomic mass is 32.1. The molecule has 2 rings (SSSR count). The van der Waals surface area contributed by atoms with Gasteiger partial charge in [0.2, 0.25) is 5.88 Å². The number of ether oxygens (including phenoxy) is 1. The van der Waals surface area contributed by atoms with Crippen molar-refractivity contribution in [1.29, 1.82) is 0 Å². The van der Waals surface area contributed by atoms with E-state index in [4.69, 9.17) is 4.74 Å². The van der Waals surface area contributed by atoms with Crippen LogP contribution in [0.25, 0.3) is 0 Å². The predicted octanol–water partition coefficient (Wildman–Crippen LogP) is 3.94. The summed E-state index contributed by atoms with van der Waals surface area (Å²) in [5.74, 6) is 0.853. The van der Waals surface area contributed by atoms with E-state index in [0.717, 1.165) is 0 Å². The van der Waals surface area contributed by atoms with Gasteiger partial charge >= 0.3 is 6.18 Å². The van der Waals surface area contributed by atoms with Crippen LogP contribution in [0.2, 0.25) is 0 Å². The summed E-state index contributed by atoms with van der Waals surface area (Å²) in [6.07, 6.45) is -3.02. The summed E-state index contributed by atoms with van der Waals surface area (Å²) in [5, 5.41) is 8.43. The predicted molar refractivity (Wildman–Crippen MR) is 101 cm³/mol. The van der Waals surface area contributed by atoms with Crippen LogP contribution in [0.4, 0.5) is 13.2 Å². The summed E-state index contributed by atoms with van der Waals surface area (Å²) in [6.45, 7) is 4.20. The molecule has 0 bridgehead atoms. The third-order valence-electron chi connectivity index (χ3n) is 3.58. The average molecular weight is 400 g/mol. The molecule has 0 aliphatic carbocycles. The fourth-order valence-corrected chi connectivity index (χ4v) is 3.04. The van der Waals surface area contributed by atoms with Gasteiger partial charge in [0.25, 0.3) is 0 Å². The average Bonchev–Trinajstić information content (AvgIpc) is 3.17. The molecule has 2 aromatic rings. The van der Waals surface area contributed by atoms with Crippen molar-refractivity contribution in [2.24, 2.45) is 4.99 Å². The van der Waals surface area contributed by atoms with Crippen LogP contribution >= 0.6 is 11.3 Å². The van der Waals surface area contributed by atoms with Crippen LogP contribution in [0.3, 0.4) is 0 Å². The number of aliphatic imine (C=N–C) groups is 1. The number of hydrogen-bond donors (Lipinski definition) is 2. The normalized spacial score (nSPS) is 13.3. The quantitative estimate of drug-likeness (QED) is 0.521. The van der Waals surface area contributed by atoms with Crippen molar-refractivity contribution in [1.82, 2.24) is 15.6 Å². The minimum atomic E-state index is -4.41. The highest BCUT2D eigenvalue weighted by molar-refractivity contribution is 7.10. The SMILES string of the molecule is CCNC(=NCc1cccnc1OCC(F)(F)F)NCC(C)c1cccs1. The van der Waals surface area contributed by atoms with Gasteiger partial charge in [0.05, 0.1) is 6.54 Å². The van der Waals surface area contributed by atoms with Gasteiger partial charge in [0.15, 0.2) is 12.6 Å². The number of nitrogens with zero attached hydrogens (tertiary/aromatic N) is 2. The van der Waals surface area contributed by atoms with Gasteiger partial charge in [-0.05, 0) is 24.4 Å². The van der Waals surface area contributed by atoms with Gasteiger partial charge in [0.1, 0.15) is 0 Å². The third-order valence-corrected chi connectivity index (χ3v) is 4.68. The van der Waals surface area contributed by atoms with Crippen molar-refractivity contribution in [3.05, 3.63) is 46.3 Å². The molecule has 0 radical (unpaired) electrons. The Balaban J connectivity index is 1.99. The maximum Gasteiger partial charge on any atom is 0.422 e. The minimum absolute atomic E-state index is 0.0543. The largest absolute Gasteiger partial charge is 0.468 e. The number of hydrogen-bond acceptors (Lipinski definition) is 4. The zero-order chi connectivity index (χ0) is 19.7. The molecule has 5 nitrogen and oxygen atoms in total. The van der Waals surface area contributed by atoms with Crippen molar-refractivity contribution < 1.29 is 17.9 Å². The fraction of sp³-hybridized carbons (Fsp3) is 0.444. The van der Waals surface area contributed by atoms with E-state index in [-0.39, 0.29) is 12.4 Å². The first-order valence-corrected chi connectivity index (χ1v) is 9.46. The summed E-state index contributed by atoms with van der Waals surface area (Å²) in [6, 6.07) is 7.40. The molecule has 0 aromatic carbocycles. The molecule has 0 spiro atoms. The Morgan fingerprint density at radius 3 is 2.78 bits per heavy atom. The van der Waals surface area contributed by atoms with Crippen molar-refractivity contribution in [3.8, 4) is 5.88 Å².